The van der Waals surface area contributed by atoms with Gasteiger partial charge in [-0.25, -0.2) is 0 Å². The number of aliphatic hydroxyl groups excluding tert-OH is 1. The van der Waals surface area contributed by atoms with Crippen molar-refractivity contribution in [2.45, 2.75) is 25.9 Å². The minimum Gasteiger partial charge on any atom is -0.388 e. The standard InChI is InChI=1S/C12H18N2O/c1-9-2-3-11(8-14-9)12(15)10-4-6-13-7-5-10/h2-3,8,10,12-13,15H,4-7H2,1H3. The molecular formula is C12H18N2O. The summed E-state index contributed by atoms with van der Waals surface area (Å²) in [6, 6.07) is 3.94. The Kier molecular flexibility index (Phi) is 3.34. The SMILES string of the molecule is Cc1ccc(C(O)C2CCNCC2)cn1. The molecular weight excluding hydrogens is 188 g/mol. The lowest BCUT2D eigenvalue weighted by Crippen LogP contribution is -2.30. The van der Waals surface area contributed by atoms with Crippen molar-refractivity contribution in [2.75, 3.05) is 13.1 Å². The van der Waals surface area contributed by atoms with Crippen molar-refractivity contribution >= 4 is 0 Å². The number of nitrogens with one attached hydrogen (secondary N) is 1. The fourth-order valence-electron chi connectivity index (χ4n) is 2.09. The molecule has 0 radical (unpaired) electrons. The molecule has 2 N–H and O–H groups in total. The molecule has 0 bridgehead atoms. The van der Waals surface area contributed by atoms with E-state index in [9.17, 15) is 5.11 Å². The lowest BCUT2D eigenvalue weighted by atomic mass is 9.89. The first-order chi connectivity index (χ1) is 7.27. The number of nitrogens with zero attached hydrogens (tertiary/aromatic N) is 1. The summed E-state index contributed by atoms with van der Waals surface area (Å²) in [5.74, 6) is 0.385. The zero-order valence-electron chi connectivity index (χ0n) is 9.11. The van der Waals surface area contributed by atoms with Crippen molar-refractivity contribution < 1.29 is 5.11 Å². The molecule has 2 heterocycles. The number of aryl methyl sites for hydroxylation is 1. The largest absolute Gasteiger partial charge is 0.388 e. The third-order valence-corrected chi connectivity index (χ3v) is 3.11. The van der Waals surface area contributed by atoms with Crippen molar-refractivity contribution in [3.05, 3.63) is 29.6 Å². The molecule has 15 heavy (non-hydrogen) atoms. The first kappa shape index (κ1) is 10.6. The Morgan fingerprint density at radius 3 is 2.73 bits per heavy atom. The molecule has 0 saturated carbocycles. The minimum atomic E-state index is -0.347. The zero-order valence-corrected chi connectivity index (χ0v) is 9.11. The van der Waals surface area contributed by atoms with Crippen LogP contribution >= 0.6 is 0 Å². The highest BCUT2D eigenvalue weighted by molar-refractivity contribution is 5.16. The summed E-state index contributed by atoms with van der Waals surface area (Å²) >= 11 is 0. The van der Waals surface area contributed by atoms with Crippen molar-refractivity contribution in [1.82, 2.24) is 10.3 Å². The molecule has 1 aromatic heterocycles. The quantitative estimate of drug-likeness (QED) is 0.769. The maximum atomic E-state index is 10.2. The van der Waals surface area contributed by atoms with Crippen molar-refractivity contribution in [3.8, 4) is 0 Å². The van der Waals surface area contributed by atoms with E-state index in [1.165, 1.54) is 0 Å². The third-order valence-electron chi connectivity index (χ3n) is 3.11. The molecule has 1 aromatic rings. The molecule has 0 aromatic carbocycles. The Morgan fingerprint density at radius 1 is 1.40 bits per heavy atom. The van der Waals surface area contributed by atoms with Crippen molar-refractivity contribution in [2.24, 2.45) is 5.92 Å². The topological polar surface area (TPSA) is 45.1 Å². The summed E-state index contributed by atoms with van der Waals surface area (Å²) < 4.78 is 0. The number of aliphatic hydroxyl groups is 1. The number of rotatable bonds is 2. The van der Waals surface area contributed by atoms with E-state index in [4.69, 9.17) is 0 Å². The molecule has 0 aliphatic carbocycles. The van der Waals surface area contributed by atoms with Gasteiger partial charge in [-0.05, 0) is 50.4 Å². The van der Waals surface area contributed by atoms with Crippen LogP contribution in [0.2, 0.25) is 0 Å². The van der Waals surface area contributed by atoms with E-state index in [0.717, 1.165) is 37.2 Å². The van der Waals surface area contributed by atoms with Gasteiger partial charge in [0.25, 0.3) is 0 Å². The predicted octanol–water partition coefficient (Wildman–Crippen LogP) is 1.42. The highest BCUT2D eigenvalue weighted by atomic mass is 16.3. The summed E-state index contributed by atoms with van der Waals surface area (Å²) in [5, 5.41) is 13.5. The van der Waals surface area contributed by atoms with Crippen LogP contribution in [0.1, 0.15) is 30.2 Å². The lowest BCUT2D eigenvalue weighted by Gasteiger charge is -2.27. The van der Waals surface area contributed by atoms with E-state index in [1.54, 1.807) is 6.20 Å². The van der Waals surface area contributed by atoms with Crippen LogP contribution in [0, 0.1) is 12.8 Å². The van der Waals surface area contributed by atoms with E-state index in [0.29, 0.717) is 5.92 Å². The van der Waals surface area contributed by atoms with E-state index < -0.39 is 0 Å². The average molecular weight is 206 g/mol. The molecule has 0 spiro atoms. The monoisotopic (exact) mass is 206 g/mol. The lowest BCUT2D eigenvalue weighted by molar-refractivity contribution is 0.0886. The van der Waals surface area contributed by atoms with Crippen LogP contribution in [0.15, 0.2) is 18.3 Å². The molecule has 1 saturated heterocycles. The second-order valence-electron chi connectivity index (χ2n) is 4.27. The van der Waals surface area contributed by atoms with Crippen LogP contribution < -0.4 is 5.32 Å². The van der Waals surface area contributed by atoms with Crippen LogP contribution in [0.25, 0.3) is 0 Å². The second-order valence-corrected chi connectivity index (χ2v) is 4.27. The maximum absolute atomic E-state index is 10.2. The first-order valence-electron chi connectivity index (χ1n) is 5.58. The Morgan fingerprint density at radius 2 is 2.13 bits per heavy atom. The number of hydrogen-bond acceptors (Lipinski definition) is 3. The molecule has 3 nitrogen and oxygen atoms in total. The van der Waals surface area contributed by atoms with Gasteiger partial charge in [-0.2, -0.15) is 0 Å². The minimum absolute atomic E-state index is 0.347. The van der Waals surface area contributed by atoms with E-state index >= 15 is 0 Å². The van der Waals surface area contributed by atoms with Crippen LogP contribution in [-0.2, 0) is 0 Å². The normalized spacial score (nSPS) is 20.1. The molecule has 1 fully saturated rings. The van der Waals surface area contributed by atoms with Gasteiger partial charge in [0.05, 0.1) is 6.10 Å². The van der Waals surface area contributed by atoms with E-state index in [1.807, 2.05) is 19.1 Å². The number of pyridine rings is 1. The summed E-state index contributed by atoms with van der Waals surface area (Å²) in [5.41, 5.74) is 1.95. The summed E-state index contributed by atoms with van der Waals surface area (Å²) in [6.07, 6.45) is 3.55. The van der Waals surface area contributed by atoms with Gasteiger partial charge in [-0.1, -0.05) is 6.07 Å². The Hall–Kier alpha value is -0.930. The van der Waals surface area contributed by atoms with Gasteiger partial charge in [-0.3, -0.25) is 4.98 Å². The number of piperidine rings is 1. The fraction of sp³-hybridized carbons (Fsp3) is 0.583. The van der Waals surface area contributed by atoms with Crippen molar-refractivity contribution in [3.63, 3.8) is 0 Å². The third kappa shape index (κ3) is 2.55. The number of hydrogen-bond donors (Lipinski definition) is 2. The van der Waals surface area contributed by atoms with Gasteiger partial charge in [0.2, 0.25) is 0 Å². The maximum Gasteiger partial charge on any atom is 0.0833 e. The summed E-state index contributed by atoms with van der Waals surface area (Å²) in [4.78, 5) is 4.22. The first-order valence-corrected chi connectivity index (χ1v) is 5.58. The Balaban J connectivity index is 2.05. The van der Waals surface area contributed by atoms with E-state index in [-0.39, 0.29) is 6.10 Å². The van der Waals surface area contributed by atoms with Gasteiger partial charge in [0, 0.05) is 11.9 Å². The Labute approximate surface area is 90.5 Å². The van der Waals surface area contributed by atoms with Gasteiger partial charge >= 0.3 is 0 Å². The summed E-state index contributed by atoms with van der Waals surface area (Å²) in [6.45, 7) is 3.99. The molecule has 1 aliphatic heterocycles. The molecule has 1 unspecified atom stereocenters. The molecule has 2 rings (SSSR count). The highest BCUT2D eigenvalue weighted by Gasteiger charge is 2.22. The number of aromatic nitrogens is 1. The fourth-order valence-corrected chi connectivity index (χ4v) is 2.09. The van der Waals surface area contributed by atoms with Crippen LogP contribution in [0.3, 0.4) is 0 Å². The molecule has 3 heteroatoms. The molecule has 82 valence electrons. The predicted molar refractivity (Wildman–Crippen MR) is 59.5 cm³/mol. The van der Waals surface area contributed by atoms with Gasteiger partial charge in [0.15, 0.2) is 0 Å². The van der Waals surface area contributed by atoms with Gasteiger partial charge in [-0.15, -0.1) is 0 Å². The van der Waals surface area contributed by atoms with Gasteiger partial charge in [0.1, 0.15) is 0 Å². The zero-order chi connectivity index (χ0) is 10.7. The van der Waals surface area contributed by atoms with Gasteiger partial charge < -0.3 is 10.4 Å². The van der Waals surface area contributed by atoms with Crippen LogP contribution in [0.5, 0.6) is 0 Å². The summed E-state index contributed by atoms with van der Waals surface area (Å²) in [7, 11) is 0. The molecule has 0 amide bonds. The van der Waals surface area contributed by atoms with Crippen LogP contribution in [0.4, 0.5) is 0 Å². The average Bonchev–Trinajstić information content (AvgIpc) is 2.30. The van der Waals surface area contributed by atoms with Crippen LogP contribution in [-0.4, -0.2) is 23.2 Å². The highest BCUT2D eigenvalue weighted by Crippen LogP contribution is 2.28. The molecule has 1 aliphatic rings. The smallest absolute Gasteiger partial charge is 0.0833 e. The Bertz CT molecular complexity index is 304. The van der Waals surface area contributed by atoms with Crippen molar-refractivity contribution in [1.29, 1.82) is 0 Å². The van der Waals surface area contributed by atoms with E-state index in [2.05, 4.69) is 10.3 Å². The molecule has 1 atom stereocenters. The second kappa shape index (κ2) is 4.73.